The Hall–Kier alpha value is -3.13. The third kappa shape index (κ3) is 3.75. The predicted molar refractivity (Wildman–Crippen MR) is 109 cm³/mol. The second-order valence-corrected chi connectivity index (χ2v) is 7.12. The Bertz CT molecular complexity index is 948. The van der Waals surface area contributed by atoms with Gasteiger partial charge in [0.25, 0.3) is 5.91 Å². The fourth-order valence-electron chi connectivity index (χ4n) is 3.45. The molecule has 3 rings (SSSR count). The summed E-state index contributed by atoms with van der Waals surface area (Å²) in [7, 11) is 3.23. The minimum atomic E-state index is -1.18. The Morgan fingerprint density at radius 1 is 1.17 bits per heavy atom. The van der Waals surface area contributed by atoms with Crippen molar-refractivity contribution >= 4 is 18.2 Å². The fourth-order valence-corrected chi connectivity index (χ4v) is 3.45. The van der Waals surface area contributed by atoms with Crippen LogP contribution in [0.5, 0.6) is 5.75 Å². The van der Waals surface area contributed by atoms with Crippen molar-refractivity contribution in [2.75, 3.05) is 20.8 Å². The van der Waals surface area contributed by atoms with Crippen LogP contribution in [-0.2, 0) is 21.6 Å². The molecule has 0 radical (unpaired) electrons. The van der Waals surface area contributed by atoms with E-state index in [9.17, 15) is 9.59 Å². The number of hydrogen-bond donors (Lipinski definition) is 1. The maximum atomic E-state index is 13.0. The highest BCUT2D eigenvalue weighted by Gasteiger charge is 2.49. The Kier molecular flexibility index (Phi) is 5.74. The van der Waals surface area contributed by atoms with Gasteiger partial charge in [0, 0.05) is 30.6 Å². The second-order valence-electron chi connectivity index (χ2n) is 7.12. The molecule has 1 N–H and O–H groups in total. The van der Waals surface area contributed by atoms with E-state index >= 15 is 0 Å². The molecule has 8 heteroatoms. The van der Waals surface area contributed by atoms with E-state index in [1.807, 2.05) is 19.9 Å². The lowest BCUT2D eigenvalue weighted by molar-refractivity contribution is -0.131. The zero-order chi connectivity index (χ0) is 21.2. The van der Waals surface area contributed by atoms with Gasteiger partial charge in [0.15, 0.2) is 0 Å². The van der Waals surface area contributed by atoms with Crippen LogP contribution in [0.25, 0.3) is 0 Å². The highest BCUT2D eigenvalue weighted by molar-refractivity contribution is 6.07. The van der Waals surface area contributed by atoms with Crippen LogP contribution in [0.4, 0.5) is 4.79 Å². The maximum Gasteiger partial charge on any atom is 0.346 e. The zero-order valence-electron chi connectivity index (χ0n) is 17.4. The molecule has 1 fully saturated rings. The van der Waals surface area contributed by atoms with Gasteiger partial charge in [-0.15, -0.1) is 5.01 Å². The highest BCUT2D eigenvalue weighted by atomic mass is 16.5. The molecule has 0 unspecified atom stereocenters. The number of aryl methyl sites for hydroxylation is 1. The number of ether oxygens (including phenoxy) is 2. The number of nitrogens with one attached hydrogen (secondary N) is 1. The van der Waals surface area contributed by atoms with Crippen LogP contribution < -0.4 is 10.1 Å². The summed E-state index contributed by atoms with van der Waals surface area (Å²) in [6.07, 6.45) is 1.54. The minimum absolute atomic E-state index is 0.433. The first kappa shape index (κ1) is 20.6. The van der Waals surface area contributed by atoms with Gasteiger partial charge < -0.3 is 19.4 Å². The molecule has 2 heterocycles. The number of methoxy groups -OCH3 is 2. The third-order valence-corrected chi connectivity index (χ3v) is 5.28. The first-order valence-corrected chi connectivity index (χ1v) is 9.32. The van der Waals surface area contributed by atoms with Gasteiger partial charge in [-0.2, -0.15) is 5.10 Å². The lowest BCUT2D eigenvalue weighted by atomic mass is 9.92. The Morgan fingerprint density at radius 3 is 2.48 bits per heavy atom. The molecule has 0 aliphatic carbocycles. The van der Waals surface area contributed by atoms with E-state index in [1.54, 1.807) is 51.6 Å². The van der Waals surface area contributed by atoms with Crippen molar-refractivity contribution < 1.29 is 19.1 Å². The van der Waals surface area contributed by atoms with Crippen LogP contribution in [0.2, 0.25) is 0 Å². The average molecular weight is 398 g/mol. The number of imide groups is 1. The molecule has 1 aromatic carbocycles. The van der Waals surface area contributed by atoms with Gasteiger partial charge in [-0.05, 0) is 44.5 Å². The van der Waals surface area contributed by atoms with Crippen LogP contribution in [0.15, 0.2) is 35.4 Å². The number of nitrogens with zero attached hydrogens (tertiary/aromatic N) is 3. The SMILES string of the molecule is COCCn1c(C)cc(/C=N\N2C(=O)N[C@](C)(c3ccc(OC)cc3)C2=O)c1C. The Morgan fingerprint density at radius 2 is 1.86 bits per heavy atom. The van der Waals surface area contributed by atoms with Crippen molar-refractivity contribution in [3.05, 3.63) is 52.8 Å². The van der Waals surface area contributed by atoms with Crippen molar-refractivity contribution in [3.63, 3.8) is 0 Å². The summed E-state index contributed by atoms with van der Waals surface area (Å²) in [6.45, 7) is 6.95. The van der Waals surface area contributed by atoms with Crippen molar-refractivity contribution in [1.82, 2.24) is 14.9 Å². The number of rotatable bonds is 7. The molecule has 1 aliphatic heterocycles. The molecule has 1 aliphatic rings. The van der Waals surface area contributed by atoms with E-state index in [4.69, 9.17) is 9.47 Å². The number of benzene rings is 1. The van der Waals surface area contributed by atoms with Crippen molar-refractivity contribution in [2.45, 2.75) is 32.9 Å². The molecule has 8 nitrogen and oxygen atoms in total. The number of carbonyl (C=O) groups excluding carboxylic acids is 2. The molecule has 0 saturated carbocycles. The topological polar surface area (TPSA) is 85.2 Å². The number of aromatic nitrogens is 1. The summed E-state index contributed by atoms with van der Waals surface area (Å²) in [6, 6.07) is 8.43. The molecular weight excluding hydrogens is 372 g/mol. The first-order chi connectivity index (χ1) is 13.8. The van der Waals surface area contributed by atoms with Crippen LogP contribution in [0.1, 0.15) is 29.4 Å². The molecule has 2 aromatic rings. The number of amides is 3. The minimum Gasteiger partial charge on any atom is -0.497 e. The van der Waals surface area contributed by atoms with Crippen molar-refractivity contribution in [2.24, 2.45) is 5.10 Å². The van der Waals surface area contributed by atoms with Crippen LogP contribution in [0.3, 0.4) is 0 Å². The van der Waals surface area contributed by atoms with Crippen LogP contribution in [-0.4, -0.2) is 48.6 Å². The molecular formula is C21H26N4O4. The molecule has 154 valence electrons. The summed E-state index contributed by atoms with van der Waals surface area (Å²) in [5.41, 5.74) is 2.37. The summed E-state index contributed by atoms with van der Waals surface area (Å²) < 4.78 is 12.4. The molecule has 1 aromatic heterocycles. The third-order valence-electron chi connectivity index (χ3n) is 5.28. The summed E-state index contributed by atoms with van der Waals surface area (Å²) in [5.74, 6) is 0.241. The number of urea groups is 1. The van der Waals surface area contributed by atoms with Gasteiger partial charge >= 0.3 is 6.03 Å². The molecule has 0 bridgehead atoms. The van der Waals surface area contributed by atoms with E-state index in [2.05, 4.69) is 15.0 Å². The van der Waals surface area contributed by atoms with Crippen LogP contribution >= 0.6 is 0 Å². The van der Waals surface area contributed by atoms with Gasteiger partial charge in [0.2, 0.25) is 0 Å². The van der Waals surface area contributed by atoms with E-state index in [-0.39, 0.29) is 0 Å². The largest absolute Gasteiger partial charge is 0.497 e. The van der Waals surface area contributed by atoms with Gasteiger partial charge in [0.1, 0.15) is 11.3 Å². The summed E-state index contributed by atoms with van der Waals surface area (Å²) >= 11 is 0. The predicted octanol–water partition coefficient (Wildman–Crippen LogP) is 2.56. The first-order valence-electron chi connectivity index (χ1n) is 9.32. The van der Waals surface area contributed by atoms with Gasteiger partial charge in [0.05, 0.1) is 19.9 Å². The molecule has 1 saturated heterocycles. The van der Waals surface area contributed by atoms with Gasteiger partial charge in [-0.3, -0.25) is 4.79 Å². The fraction of sp³-hybridized carbons (Fsp3) is 0.381. The van der Waals surface area contributed by atoms with Crippen molar-refractivity contribution in [1.29, 1.82) is 0 Å². The maximum absolute atomic E-state index is 13.0. The molecule has 0 spiro atoms. The Labute approximate surface area is 170 Å². The lowest BCUT2D eigenvalue weighted by Crippen LogP contribution is -2.40. The van der Waals surface area contributed by atoms with E-state index in [0.29, 0.717) is 17.9 Å². The van der Waals surface area contributed by atoms with Gasteiger partial charge in [-0.25, -0.2) is 4.79 Å². The normalized spacial score (nSPS) is 19.3. The van der Waals surface area contributed by atoms with E-state index in [1.165, 1.54) is 0 Å². The highest BCUT2D eigenvalue weighted by Crippen LogP contribution is 2.30. The zero-order valence-corrected chi connectivity index (χ0v) is 17.4. The number of hydrazone groups is 1. The average Bonchev–Trinajstić information content (AvgIpc) is 3.11. The number of carbonyl (C=O) groups is 2. The van der Waals surface area contributed by atoms with E-state index < -0.39 is 17.5 Å². The molecule has 1 atom stereocenters. The number of hydrogen-bond acceptors (Lipinski definition) is 5. The standard InChI is InChI=1S/C21H26N4O4/c1-14-12-16(15(2)24(14)10-11-28-4)13-22-25-19(26)21(3,23-20(25)27)17-6-8-18(29-5)9-7-17/h6-9,12-13H,10-11H2,1-5H3,(H,23,27)/b22-13-/t21-/m1/s1. The molecule has 29 heavy (non-hydrogen) atoms. The summed E-state index contributed by atoms with van der Waals surface area (Å²) in [4.78, 5) is 25.4. The smallest absolute Gasteiger partial charge is 0.346 e. The lowest BCUT2D eigenvalue weighted by Gasteiger charge is -2.21. The van der Waals surface area contributed by atoms with E-state index in [0.717, 1.165) is 28.5 Å². The van der Waals surface area contributed by atoms with Gasteiger partial charge in [-0.1, -0.05) is 12.1 Å². The van der Waals surface area contributed by atoms with Crippen molar-refractivity contribution in [3.8, 4) is 5.75 Å². The summed E-state index contributed by atoms with van der Waals surface area (Å²) in [5, 5.41) is 7.80. The second kappa shape index (κ2) is 8.08. The monoisotopic (exact) mass is 398 g/mol. The molecule has 3 amide bonds. The van der Waals surface area contributed by atoms with Crippen LogP contribution in [0, 0.1) is 13.8 Å². The Balaban J connectivity index is 1.83. The quantitative estimate of drug-likeness (QED) is 0.574.